The van der Waals surface area contributed by atoms with Gasteiger partial charge in [-0.25, -0.2) is 9.98 Å². The van der Waals surface area contributed by atoms with Crippen molar-refractivity contribution in [3.8, 4) is 61.3 Å². The molecule has 2 aromatic heterocycles. The Morgan fingerprint density at radius 1 is 0.329 bits per heavy atom. The summed E-state index contributed by atoms with van der Waals surface area (Å²) in [7, 11) is 0. The van der Waals surface area contributed by atoms with Crippen LogP contribution in [0.4, 0.5) is 0 Å². The number of hydrogen-bond donors (Lipinski definition) is 1. The van der Waals surface area contributed by atoms with Crippen LogP contribution in [0.25, 0.3) is 127 Å². The smallest absolute Gasteiger partial charge is 0.159 e. The first kappa shape index (κ1) is 47.1. The lowest BCUT2D eigenvalue weighted by Crippen LogP contribution is -2.33. The fourth-order valence-electron chi connectivity index (χ4n) is 12.3. The van der Waals surface area contributed by atoms with E-state index in [4.69, 9.17) is 14.4 Å². The van der Waals surface area contributed by atoms with E-state index in [0.717, 1.165) is 89.0 Å². The van der Waals surface area contributed by atoms with Crippen LogP contribution in [0.1, 0.15) is 22.9 Å². The van der Waals surface area contributed by atoms with Gasteiger partial charge in [0.2, 0.25) is 0 Å². The fourth-order valence-corrected chi connectivity index (χ4v) is 12.3. The summed E-state index contributed by atoms with van der Waals surface area (Å²) in [6.45, 7) is 0. The zero-order valence-corrected chi connectivity index (χ0v) is 44.5. The largest absolute Gasteiger partial charge is 0.456 e. The molecule has 15 aromatic rings. The number of aliphatic imine (C=N–C) groups is 2. The second-order valence-corrected chi connectivity index (χ2v) is 21.3. The number of rotatable bonds is 9. The number of aromatic nitrogens is 1. The summed E-state index contributed by atoms with van der Waals surface area (Å²) >= 11 is 0. The zero-order valence-electron chi connectivity index (χ0n) is 44.5. The van der Waals surface area contributed by atoms with Crippen molar-refractivity contribution in [3.63, 3.8) is 0 Å². The molecule has 0 saturated carbocycles. The van der Waals surface area contributed by atoms with Gasteiger partial charge in [-0.05, 0) is 114 Å². The Morgan fingerprint density at radius 2 is 0.829 bits per heavy atom. The number of nitrogens with zero attached hydrogens (tertiary/aromatic N) is 3. The Kier molecular flexibility index (Phi) is 11.2. The third-order valence-electron chi connectivity index (χ3n) is 16.5. The number of fused-ring (bicyclic) bond motifs is 9. The van der Waals surface area contributed by atoms with Gasteiger partial charge in [-0.3, -0.25) is 0 Å². The standard InChI is InChI=1S/C77H50N4O/c1-3-13-49(14-4-1)51-23-27-53(28-24-51)55-31-35-58(36-32-55)75-78-76(59-37-33-56(34-38-59)54-29-25-52(26-30-54)50-15-5-2-6-16-50)80-77(79-75)63-40-43-70(67(47-63)62-41-44-73-69(46-62)65-21-11-12-22-72(65)82-73)81-71-48-61-19-8-7-18-60(61)45-68(71)66-42-39-57-17-9-10-20-64(57)74(66)81/h1-48,77H,(H,78,79,80). The Bertz CT molecular complexity index is 5020. The molecule has 0 saturated heterocycles. The van der Waals surface area contributed by atoms with Gasteiger partial charge < -0.3 is 14.3 Å². The number of benzene rings is 13. The van der Waals surface area contributed by atoms with Crippen LogP contribution in [0.3, 0.4) is 0 Å². The molecule has 82 heavy (non-hydrogen) atoms. The Hall–Kier alpha value is -10.9. The van der Waals surface area contributed by atoms with Crippen molar-refractivity contribution < 1.29 is 4.42 Å². The molecule has 0 amide bonds. The molecular weight excluding hydrogens is 997 g/mol. The van der Waals surface area contributed by atoms with Gasteiger partial charge in [-0.15, -0.1) is 0 Å². The van der Waals surface area contributed by atoms with E-state index in [1.807, 2.05) is 12.1 Å². The summed E-state index contributed by atoms with van der Waals surface area (Å²) in [5.74, 6) is 1.40. The molecule has 0 aliphatic carbocycles. The van der Waals surface area contributed by atoms with Crippen molar-refractivity contribution in [3.05, 3.63) is 308 Å². The highest BCUT2D eigenvalue weighted by molar-refractivity contribution is 6.21. The van der Waals surface area contributed by atoms with E-state index in [-0.39, 0.29) is 0 Å². The zero-order chi connectivity index (χ0) is 54.1. The van der Waals surface area contributed by atoms with Crippen LogP contribution in [0, 0.1) is 0 Å². The van der Waals surface area contributed by atoms with Crippen molar-refractivity contribution in [2.24, 2.45) is 9.98 Å². The molecule has 5 heteroatoms. The van der Waals surface area contributed by atoms with Gasteiger partial charge in [0, 0.05) is 43.6 Å². The van der Waals surface area contributed by atoms with E-state index in [1.54, 1.807) is 0 Å². The lowest BCUT2D eigenvalue weighted by Gasteiger charge is -2.25. The highest BCUT2D eigenvalue weighted by atomic mass is 16.3. The molecule has 13 aromatic carbocycles. The van der Waals surface area contributed by atoms with Crippen molar-refractivity contribution in [2.75, 3.05) is 0 Å². The number of nitrogens with one attached hydrogen (secondary N) is 1. The second kappa shape index (κ2) is 19.5. The fraction of sp³-hybridized carbons (Fsp3) is 0.0130. The molecule has 16 rings (SSSR count). The average Bonchev–Trinajstić information content (AvgIpc) is 3.83. The van der Waals surface area contributed by atoms with Crippen LogP contribution in [0.15, 0.2) is 306 Å². The summed E-state index contributed by atoms with van der Waals surface area (Å²) in [6, 6.07) is 105. The van der Waals surface area contributed by atoms with Crippen molar-refractivity contribution in [1.82, 2.24) is 9.88 Å². The molecule has 0 radical (unpaired) electrons. The molecule has 1 N–H and O–H groups in total. The van der Waals surface area contributed by atoms with Crippen molar-refractivity contribution in [1.29, 1.82) is 0 Å². The van der Waals surface area contributed by atoms with E-state index >= 15 is 0 Å². The minimum atomic E-state index is -0.493. The Balaban J connectivity index is 0.850. The highest BCUT2D eigenvalue weighted by Gasteiger charge is 2.25. The minimum Gasteiger partial charge on any atom is -0.456 e. The SMILES string of the molecule is c1ccc(-c2ccc(-c3ccc(C4=NC(c5ccc(-n6c7cc8ccccc8cc7c7ccc8ccccc8c76)c(-c6ccc7oc8ccccc8c7c6)c5)NC(c5ccc(-c6ccc(-c7ccccc7)cc6)cc5)=N4)cc3)cc2)cc1. The minimum absolute atomic E-state index is 0.493. The molecule has 1 unspecified atom stereocenters. The van der Waals surface area contributed by atoms with Gasteiger partial charge in [0.05, 0.1) is 16.7 Å². The van der Waals surface area contributed by atoms with Gasteiger partial charge in [0.15, 0.2) is 5.84 Å². The molecule has 1 atom stereocenters. The third-order valence-corrected chi connectivity index (χ3v) is 16.5. The van der Waals surface area contributed by atoms with Gasteiger partial charge in [-0.2, -0.15) is 0 Å². The van der Waals surface area contributed by atoms with E-state index in [1.165, 1.54) is 60.1 Å². The van der Waals surface area contributed by atoms with Gasteiger partial charge >= 0.3 is 0 Å². The first-order chi connectivity index (χ1) is 40.6. The summed E-state index contributed by atoms with van der Waals surface area (Å²) < 4.78 is 8.94. The predicted molar refractivity (Wildman–Crippen MR) is 342 cm³/mol. The van der Waals surface area contributed by atoms with Crippen LogP contribution in [-0.4, -0.2) is 16.2 Å². The third kappa shape index (κ3) is 8.25. The summed E-state index contributed by atoms with van der Waals surface area (Å²) in [5, 5.41) is 13.2. The van der Waals surface area contributed by atoms with Gasteiger partial charge in [-0.1, -0.05) is 249 Å². The maximum atomic E-state index is 6.44. The monoisotopic (exact) mass is 1050 g/mol. The molecule has 5 nitrogen and oxygen atoms in total. The van der Waals surface area contributed by atoms with E-state index in [9.17, 15) is 0 Å². The van der Waals surface area contributed by atoms with Crippen LogP contribution in [-0.2, 0) is 0 Å². The van der Waals surface area contributed by atoms with Gasteiger partial charge in [0.25, 0.3) is 0 Å². The second-order valence-electron chi connectivity index (χ2n) is 21.3. The first-order valence-electron chi connectivity index (χ1n) is 28.0. The quantitative estimate of drug-likeness (QED) is 0.157. The predicted octanol–water partition coefficient (Wildman–Crippen LogP) is 19.8. The van der Waals surface area contributed by atoms with Crippen molar-refractivity contribution in [2.45, 2.75) is 6.17 Å². The van der Waals surface area contributed by atoms with E-state index < -0.39 is 6.17 Å². The summed E-state index contributed by atoms with van der Waals surface area (Å²) in [6.07, 6.45) is -0.493. The molecular formula is C77H50N4O. The lowest BCUT2D eigenvalue weighted by atomic mass is 9.97. The molecule has 1 aliphatic heterocycles. The number of hydrogen-bond acceptors (Lipinski definition) is 4. The number of para-hydroxylation sites is 1. The molecule has 0 fully saturated rings. The molecule has 0 spiro atoms. The maximum absolute atomic E-state index is 6.44. The maximum Gasteiger partial charge on any atom is 0.159 e. The molecule has 3 heterocycles. The van der Waals surface area contributed by atoms with Crippen LogP contribution in [0.5, 0.6) is 0 Å². The van der Waals surface area contributed by atoms with Crippen LogP contribution in [0.2, 0.25) is 0 Å². The van der Waals surface area contributed by atoms with E-state index in [0.29, 0.717) is 5.84 Å². The Morgan fingerprint density at radius 3 is 1.46 bits per heavy atom. The first-order valence-corrected chi connectivity index (χ1v) is 28.0. The Labute approximate surface area is 474 Å². The van der Waals surface area contributed by atoms with Crippen molar-refractivity contribution >= 4 is 77.0 Å². The molecule has 384 valence electrons. The average molecular weight is 1050 g/mol. The topological polar surface area (TPSA) is 54.8 Å². The summed E-state index contributed by atoms with van der Waals surface area (Å²) in [4.78, 5) is 10.9. The molecule has 0 bridgehead atoms. The van der Waals surface area contributed by atoms with Crippen LogP contribution >= 0.6 is 0 Å². The normalized spacial score (nSPS) is 13.5. The molecule has 1 aliphatic rings. The number of furan rings is 1. The number of amidine groups is 2. The lowest BCUT2D eigenvalue weighted by molar-refractivity contribution is 0.669. The highest BCUT2D eigenvalue weighted by Crippen LogP contribution is 2.43. The summed E-state index contributed by atoms with van der Waals surface area (Å²) in [5.41, 5.74) is 19.5. The van der Waals surface area contributed by atoms with E-state index in [2.05, 4.69) is 289 Å². The van der Waals surface area contributed by atoms with Gasteiger partial charge in [0.1, 0.15) is 23.2 Å². The van der Waals surface area contributed by atoms with Crippen LogP contribution < -0.4 is 5.32 Å².